The largest absolute Gasteiger partial charge is 0.493 e. The normalized spacial score (nSPS) is 10.6. The first-order valence-corrected chi connectivity index (χ1v) is 10.2. The minimum Gasteiger partial charge on any atom is -0.493 e. The Morgan fingerprint density at radius 2 is 1.65 bits per heavy atom. The molecule has 0 saturated heterocycles. The molecule has 0 saturated carbocycles. The summed E-state index contributed by atoms with van der Waals surface area (Å²) in [5, 5.41) is 6.71. The van der Waals surface area contributed by atoms with E-state index < -0.39 is 6.03 Å². The van der Waals surface area contributed by atoms with E-state index in [2.05, 4.69) is 35.8 Å². The molecule has 0 unspecified atom stereocenters. The molecule has 0 aliphatic heterocycles. The minimum atomic E-state index is -0.413. The van der Waals surface area contributed by atoms with Crippen LogP contribution in [0.3, 0.4) is 0 Å². The van der Waals surface area contributed by atoms with Gasteiger partial charge >= 0.3 is 6.03 Å². The number of amides is 2. The molecule has 3 rings (SSSR count). The van der Waals surface area contributed by atoms with Crippen LogP contribution in [0.4, 0.5) is 10.5 Å². The SMILES string of the molecule is Cc1ccc(OCCCOc2ccccc2/C=N/NC(=O)Nc2ccccc2)cc1C. The molecule has 0 aliphatic rings. The Labute approximate surface area is 182 Å². The van der Waals surface area contributed by atoms with Gasteiger partial charge in [0.2, 0.25) is 0 Å². The molecule has 0 fully saturated rings. The van der Waals surface area contributed by atoms with E-state index in [-0.39, 0.29) is 0 Å². The molecular weight excluding hydrogens is 390 g/mol. The lowest BCUT2D eigenvalue weighted by Crippen LogP contribution is -2.24. The lowest BCUT2D eigenvalue weighted by molar-refractivity contribution is 0.247. The van der Waals surface area contributed by atoms with Gasteiger partial charge in [-0.15, -0.1) is 0 Å². The van der Waals surface area contributed by atoms with Gasteiger partial charge in [0.05, 0.1) is 19.4 Å². The Morgan fingerprint density at radius 1 is 0.903 bits per heavy atom. The maximum absolute atomic E-state index is 11.9. The maximum atomic E-state index is 11.9. The summed E-state index contributed by atoms with van der Waals surface area (Å²) in [4.78, 5) is 11.9. The number of aryl methyl sites for hydroxylation is 2. The van der Waals surface area contributed by atoms with Gasteiger partial charge < -0.3 is 14.8 Å². The molecule has 3 aromatic rings. The van der Waals surface area contributed by atoms with Crippen molar-refractivity contribution in [1.82, 2.24) is 5.43 Å². The monoisotopic (exact) mass is 417 g/mol. The Hall–Kier alpha value is -3.80. The van der Waals surface area contributed by atoms with E-state index in [0.717, 1.165) is 17.7 Å². The third kappa shape index (κ3) is 7.19. The summed E-state index contributed by atoms with van der Waals surface area (Å²) < 4.78 is 11.7. The summed E-state index contributed by atoms with van der Waals surface area (Å²) in [6, 6.07) is 22.4. The van der Waals surface area contributed by atoms with E-state index in [9.17, 15) is 4.79 Å². The van der Waals surface area contributed by atoms with Gasteiger partial charge in [0, 0.05) is 17.7 Å². The van der Waals surface area contributed by atoms with Crippen LogP contribution in [-0.2, 0) is 0 Å². The lowest BCUT2D eigenvalue weighted by Gasteiger charge is -2.11. The van der Waals surface area contributed by atoms with Gasteiger partial charge in [-0.05, 0) is 61.4 Å². The molecular formula is C25H27N3O3. The van der Waals surface area contributed by atoms with Crippen molar-refractivity contribution in [1.29, 1.82) is 0 Å². The molecule has 0 spiro atoms. The van der Waals surface area contributed by atoms with Crippen LogP contribution in [0, 0.1) is 13.8 Å². The van der Waals surface area contributed by atoms with Crippen molar-refractivity contribution in [2.45, 2.75) is 20.3 Å². The van der Waals surface area contributed by atoms with Crippen molar-refractivity contribution in [2.24, 2.45) is 5.10 Å². The Morgan fingerprint density at radius 3 is 2.45 bits per heavy atom. The smallest absolute Gasteiger partial charge is 0.339 e. The zero-order valence-corrected chi connectivity index (χ0v) is 17.8. The first-order chi connectivity index (χ1) is 15.1. The number of ether oxygens (including phenoxy) is 2. The van der Waals surface area contributed by atoms with Crippen LogP contribution in [-0.4, -0.2) is 25.5 Å². The van der Waals surface area contributed by atoms with Crippen LogP contribution in [0.1, 0.15) is 23.1 Å². The predicted molar refractivity (Wildman–Crippen MR) is 124 cm³/mol. The standard InChI is InChI=1S/C25H27N3O3/c1-19-13-14-23(17-20(19)2)30-15-8-16-31-24-12-7-6-9-21(24)18-26-28-25(29)27-22-10-4-3-5-11-22/h3-7,9-14,17-18H,8,15-16H2,1-2H3,(H2,27,28,29)/b26-18+. The number of carbonyl (C=O) groups excluding carboxylic acids is 1. The number of hydrogen-bond donors (Lipinski definition) is 2. The molecule has 6 heteroatoms. The van der Waals surface area contributed by atoms with E-state index >= 15 is 0 Å². The van der Waals surface area contributed by atoms with Gasteiger partial charge in [-0.1, -0.05) is 36.4 Å². The topological polar surface area (TPSA) is 72.0 Å². The van der Waals surface area contributed by atoms with Gasteiger partial charge in [-0.2, -0.15) is 5.10 Å². The van der Waals surface area contributed by atoms with Gasteiger partial charge in [0.1, 0.15) is 11.5 Å². The van der Waals surface area contributed by atoms with Gasteiger partial charge in [0.25, 0.3) is 0 Å². The fourth-order valence-electron chi connectivity index (χ4n) is 2.79. The van der Waals surface area contributed by atoms with Crippen LogP contribution in [0.2, 0.25) is 0 Å². The van der Waals surface area contributed by atoms with Gasteiger partial charge in [-0.25, -0.2) is 10.2 Å². The molecule has 0 radical (unpaired) electrons. The number of anilines is 1. The summed E-state index contributed by atoms with van der Waals surface area (Å²) in [5.41, 5.74) is 6.39. The molecule has 0 aromatic heterocycles. The lowest BCUT2D eigenvalue weighted by atomic mass is 10.1. The fraction of sp³-hybridized carbons (Fsp3) is 0.200. The van der Waals surface area contributed by atoms with E-state index in [4.69, 9.17) is 9.47 Å². The molecule has 0 bridgehead atoms. The van der Waals surface area contributed by atoms with Gasteiger partial charge in [0.15, 0.2) is 0 Å². The predicted octanol–water partition coefficient (Wildman–Crippen LogP) is 5.31. The third-order valence-electron chi connectivity index (χ3n) is 4.61. The van der Waals surface area contributed by atoms with E-state index in [1.54, 1.807) is 18.3 Å². The number of nitrogens with one attached hydrogen (secondary N) is 2. The van der Waals surface area contributed by atoms with E-state index in [1.165, 1.54) is 11.1 Å². The van der Waals surface area contributed by atoms with Crippen molar-refractivity contribution in [2.75, 3.05) is 18.5 Å². The summed E-state index contributed by atoms with van der Waals surface area (Å²) >= 11 is 0. The number of rotatable bonds is 9. The highest BCUT2D eigenvalue weighted by atomic mass is 16.5. The second kappa shape index (κ2) is 11.4. The molecule has 160 valence electrons. The number of urea groups is 1. The highest BCUT2D eigenvalue weighted by molar-refractivity contribution is 5.90. The zero-order valence-electron chi connectivity index (χ0n) is 17.8. The van der Waals surface area contributed by atoms with Crippen LogP contribution in [0.15, 0.2) is 77.9 Å². The first-order valence-electron chi connectivity index (χ1n) is 10.2. The molecule has 2 amide bonds. The number of hydrogen-bond acceptors (Lipinski definition) is 4. The fourth-order valence-corrected chi connectivity index (χ4v) is 2.79. The van der Waals surface area contributed by atoms with Gasteiger partial charge in [-0.3, -0.25) is 0 Å². The van der Waals surface area contributed by atoms with Crippen LogP contribution in [0.25, 0.3) is 0 Å². The quantitative estimate of drug-likeness (QED) is 0.282. The summed E-state index contributed by atoms with van der Waals surface area (Å²) in [6.45, 7) is 5.24. The third-order valence-corrected chi connectivity index (χ3v) is 4.61. The number of benzene rings is 3. The van der Waals surface area contributed by atoms with Crippen molar-refractivity contribution < 1.29 is 14.3 Å². The molecule has 2 N–H and O–H groups in total. The molecule has 3 aromatic carbocycles. The Balaban J connectivity index is 1.43. The Bertz CT molecular complexity index is 1020. The van der Waals surface area contributed by atoms with Crippen molar-refractivity contribution in [3.8, 4) is 11.5 Å². The van der Waals surface area contributed by atoms with Crippen LogP contribution >= 0.6 is 0 Å². The van der Waals surface area contributed by atoms with E-state index in [1.807, 2.05) is 54.6 Å². The molecule has 31 heavy (non-hydrogen) atoms. The summed E-state index contributed by atoms with van der Waals surface area (Å²) in [7, 11) is 0. The number of carbonyl (C=O) groups is 1. The molecule has 0 heterocycles. The summed E-state index contributed by atoms with van der Waals surface area (Å²) in [5.74, 6) is 1.57. The average Bonchev–Trinajstić information content (AvgIpc) is 2.77. The van der Waals surface area contributed by atoms with Crippen molar-refractivity contribution in [3.63, 3.8) is 0 Å². The minimum absolute atomic E-state index is 0.413. The van der Waals surface area contributed by atoms with Crippen molar-refractivity contribution >= 4 is 17.9 Å². The second-order valence-corrected chi connectivity index (χ2v) is 7.02. The number of nitrogens with zero attached hydrogens (tertiary/aromatic N) is 1. The first kappa shape index (κ1) is 21.9. The molecule has 0 atom stereocenters. The molecule has 6 nitrogen and oxygen atoms in total. The highest BCUT2D eigenvalue weighted by Crippen LogP contribution is 2.18. The van der Waals surface area contributed by atoms with Crippen LogP contribution < -0.4 is 20.2 Å². The zero-order chi connectivity index (χ0) is 21.9. The van der Waals surface area contributed by atoms with Crippen molar-refractivity contribution in [3.05, 3.63) is 89.5 Å². The average molecular weight is 418 g/mol. The Kier molecular flexibility index (Phi) is 8.05. The molecule has 0 aliphatic carbocycles. The van der Waals surface area contributed by atoms with Crippen LogP contribution in [0.5, 0.6) is 11.5 Å². The van der Waals surface area contributed by atoms with E-state index in [0.29, 0.717) is 24.7 Å². The maximum Gasteiger partial charge on any atom is 0.339 e. The highest BCUT2D eigenvalue weighted by Gasteiger charge is 2.03. The summed E-state index contributed by atoms with van der Waals surface area (Å²) in [6.07, 6.45) is 2.31. The number of hydrazone groups is 1. The second-order valence-electron chi connectivity index (χ2n) is 7.02. The number of para-hydroxylation sites is 2.